The molecule has 0 heterocycles. The third-order valence-corrected chi connectivity index (χ3v) is 4.32. The van der Waals surface area contributed by atoms with E-state index in [0.717, 1.165) is 51.4 Å². The van der Waals surface area contributed by atoms with Gasteiger partial charge in [-0.1, -0.05) is 12.8 Å². The molecule has 3 aliphatic carbocycles. The largest absolute Gasteiger partial charge is 0.351 e. The van der Waals surface area contributed by atoms with Crippen LogP contribution in [-0.4, -0.2) is 23.9 Å². The van der Waals surface area contributed by atoms with Gasteiger partial charge in [-0.15, -0.1) is 0 Å². The first-order valence-corrected chi connectivity index (χ1v) is 7.35. The van der Waals surface area contributed by atoms with Crippen LogP contribution in [0.2, 0.25) is 0 Å². The number of carbonyl (C=O) groups is 2. The molecule has 0 saturated heterocycles. The second-order valence-corrected chi connectivity index (χ2v) is 6.06. The molecule has 4 nitrogen and oxygen atoms in total. The van der Waals surface area contributed by atoms with Crippen LogP contribution in [0.25, 0.3) is 0 Å². The van der Waals surface area contributed by atoms with Gasteiger partial charge >= 0.3 is 0 Å². The molecule has 0 aromatic carbocycles. The SMILES string of the molecule is O=C(NC1CCCCC1NC(=O)C1CC1)C1CC1. The highest BCUT2D eigenvalue weighted by Crippen LogP contribution is 2.31. The molecule has 18 heavy (non-hydrogen) atoms. The Morgan fingerprint density at radius 1 is 0.667 bits per heavy atom. The Balaban J connectivity index is 1.54. The van der Waals surface area contributed by atoms with Gasteiger partial charge in [-0.05, 0) is 38.5 Å². The molecule has 2 amide bonds. The van der Waals surface area contributed by atoms with Crippen molar-refractivity contribution < 1.29 is 9.59 Å². The van der Waals surface area contributed by atoms with Gasteiger partial charge in [0.05, 0.1) is 0 Å². The standard InChI is InChI=1S/C14H22N2O2/c17-13(9-5-6-9)15-11-3-1-2-4-12(11)16-14(18)10-7-8-10/h9-12H,1-8H2,(H,15,17)(H,16,18). The average Bonchev–Trinajstić information content (AvgIpc) is 3.22. The van der Waals surface area contributed by atoms with E-state index in [2.05, 4.69) is 10.6 Å². The quantitative estimate of drug-likeness (QED) is 0.791. The highest BCUT2D eigenvalue weighted by atomic mass is 16.2. The van der Waals surface area contributed by atoms with E-state index in [0.29, 0.717) is 0 Å². The first-order chi connectivity index (χ1) is 8.74. The van der Waals surface area contributed by atoms with Gasteiger partial charge in [0, 0.05) is 23.9 Å². The van der Waals surface area contributed by atoms with Gasteiger partial charge in [-0.3, -0.25) is 9.59 Å². The molecule has 0 bridgehead atoms. The highest BCUT2D eigenvalue weighted by molar-refractivity contribution is 5.82. The summed E-state index contributed by atoms with van der Waals surface area (Å²) >= 11 is 0. The topological polar surface area (TPSA) is 58.2 Å². The Morgan fingerprint density at radius 2 is 1.06 bits per heavy atom. The summed E-state index contributed by atoms with van der Waals surface area (Å²) in [7, 11) is 0. The number of amides is 2. The minimum Gasteiger partial charge on any atom is -0.351 e. The molecule has 3 fully saturated rings. The lowest BCUT2D eigenvalue weighted by Gasteiger charge is -2.33. The molecule has 4 heteroatoms. The molecule has 0 aromatic heterocycles. The maximum atomic E-state index is 11.8. The predicted molar refractivity (Wildman–Crippen MR) is 67.8 cm³/mol. The maximum Gasteiger partial charge on any atom is 0.223 e. The summed E-state index contributed by atoms with van der Waals surface area (Å²) in [5.74, 6) is 0.915. The molecule has 3 rings (SSSR count). The lowest BCUT2D eigenvalue weighted by molar-refractivity contribution is -0.126. The van der Waals surface area contributed by atoms with Gasteiger partial charge in [0.2, 0.25) is 11.8 Å². The van der Waals surface area contributed by atoms with E-state index in [-0.39, 0.29) is 35.7 Å². The van der Waals surface area contributed by atoms with Crippen LogP contribution in [0.4, 0.5) is 0 Å². The van der Waals surface area contributed by atoms with Crippen molar-refractivity contribution in [2.24, 2.45) is 11.8 Å². The lowest BCUT2D eigenvalue weighted by Crippen LogP contribution is -2.53. The number of nitrogens with one attached hydrogen (secondary N) is 2. The average molecular weight is 250 g/mol. The van der Waals surface area contributed by atoms with E-state index < -0.39 is 0 Å². The summed E-state index contributed by atoms with van der Waals surface area (Å²) in [6.07, 6.45) is 8.49. The molecular formula is C14H22N2O2. The number of hydrogen-bond acceptors (Lipinski definition) is 2. The zero-order valence-corrected chi connectivity index (χ0v) is 10.8. The third-order valence-electron chi connectivity index (χ3n) is 4.32. The van der Waals surface area contributed by atoms with Crippen molar-refractivity contribution in [3.05, 3.63) is 0 Å². The number of hydrogen-bond donors (Lipinski definition) is 2. The summed E-state index contributed by atoms with van der Waals surface area (Å²) in [5.41, 5.74) is 0. The zero-order valence-electron chi connectivity index (χ0n) is 10.8. The third kappa shape index (κ3) is 2.85. The Morgan fingerprint density at radius 3 is 1.39 bits per heavy atom. The second kappa shape index (κ2) is 4.90. The molecule has 2 atom stereocenters. The molecule has 3 aliphatic rings. The lowest BCUT2D eigenvalue weighted by atomic mass is 9.90. The van der Waals surface area contributed by atoms with Crippen molar-refractivity contribution in [2.45, 2.75) is 63.5 Å². The molecule has 0 aliphatic heterocycles. The van der Waals surface area contributed by atoms with Gasteiger partial charge in [0.25, 0.3) is 0 Å². The first-order valence-electron chi connectivity index (χ1n) is 7.35. The van der Waals surface area contributed by atoms with E-state index in [1.54, 1.807) is 0 Å². The normalized spacial score (nSPS) is 31.8. The molecule has 0 spiro atoms. The molecule has 3 saturated carbocycles. The van der Waals surface area contributed by atoms with Crippen molar-refractivity contribution in [3.8, 4) is 0 Å². The van der Waals surface area contributed by atoms with Crippen LogP contribution in [0.5, 0.6) is 0 Å². The minimum atomic E-state index is 0.162. The van der Waals surface area contributed by atoms with Crippen LogP contribution >= 0.6 is 0 Å². The van der Waals surface area contributed by atoms with Crippen LogP contribution in [0, 0.1) is 11.8 Å². The van der Waals surface area contributed by atoms with Gasteiger partial charge in [0.1, 0.15) is 0 Å². The van der Waals surface area contributed by atoms with E-state index >= 15 is 0 Å². The maximum absolute atomic E-state index is 11.8. The molecule has 100 valence electrons. The van der Waals surface area contributed by atoms with Gasteiger partial charge in [0.15, 0.2) is 0 Å². The minimum absolute atomic E-state index is 0.162. The Bertz CT molecular complexity index is 314. The van der Waals surface area contributed by atoms with Gasteiger partial charge < -0.3 is 10.6 Å². The smallest absolute Gasteiger partial charge is 0.223 e. The Hall–Kier alpha value is -1.06. The zero-order chi connectivity index (χ0) is 12.5. The van der Waals surface area contributed by atoms with E-state index in [4.69, 9.17) is 0 Å². The van der Waals surface area contributed by atoms with Crippen molar-refractivity contribution in [1.82, 2.24) is 10.6 Å². The fourth-order valence-electron chi connectivity index (χ4n) is 2.77. The van der Waals surface area contributed by atoms with Crippen molar-refractivity contribution >= 4 is 11.8 Å². The predicted octanol–water partition coefficient (Wildman–Crippen LogP) is 1.35. The molecule has 2 unspecified atom stereocenters. The van der Waals surface area contributed by atoms with Gasteiger partial charge in [-0.25, -0.2) is 0 Å². The second-order valence-electron chi connectivity index (χ2n) is 6.06. The fraction of sp³-hybridized carbons (Fsp3) is 0.857. The van der Waals surface area contributed by atoms with Crippen molar-refractivity contribution in [2.75, 3.05) is 0 Å². The Labute approximate surface area is 108 Å². The summed E-state index contributed by atoms with van der Waals surface area (Å²) in [6, 6.07) is 0.323. The molecule has 0 aromatic rings. The number of carbonyl (C=O) groups excluding carboxylic acids is 2. The van der Waals surface area contributed by atoms with E-state index in [1.165, 1.54) is 0 Å². The summed E-state index contributed by atoms with van der Waals surface area (Å²) in [5, 5.41) is 6.28. The van der Waals surface area contributed by atoms with Crippen LogP contribution in [0.3, 0.4) is 0 Å². The van der Waals surface area contributed by atoms with Crippen LogP contribution in [0.1, 0.15) is 51.4 Å². The Kier molecular flexibility index (Phi) is 3.27. The molecular weight excluding hydrogens is 228 g/mol. The first kappa shape index (κ1) is 12.0. The summed E-state index contributed by atoms with van der Waals surface area (Å²) in [6.45, 7) is 0. The van der Waals surface area contributed by atoms with Crippen LogP contribution in [-0.2, 0) is 9.59 Å². The molecule has 0 radical (unpaired) electrons. The van der Waals surface area contributed by atoms with Crippen molar-refractivity contribution in [3.63, 3.8) is 0 Å². The van der Waals surface area contributed by atoms with E-state index in [1.807, 2.05) is 0 Å². The monoisotopic (exact) mass is 250 g/mol. The summed E-state index contributed by atoms with van der Waals surface area (Å²) in [4.78, 5) is 23.7. The molecule has 2 N–H and O–H groups in total. The van der Waals surface area contributed by atoms with Gasteiger partial charge in [-0.2, -0.15) is 0 Å². The summed E-state index contributed by atoms with van der Waals surface area (Å²) < 4.78 is 0. The highest BCUT2D eigenvalue weighted by Gasteiger charge is 2.36. The van der Waals surface area contributed by atoms with Crippen molar-refractivity contribution in [1.29, 1.82) is 0 Å². The van der Waals surface area contributed by atoms with Crippen LogP contribution < -0.4 is 10.6 Å². The van der Waals surface area contributed by atoms with Crippen LogP contribution in [0.15, 0.2) is 0 Å². The number of rotatable bonds is 4. The fourth-order valence-corrected chi connectivity index (χ4v) is 2.77. The van der Waals surface area contributed by atoms with E-state index in [9.17, 15) is 9.59 Å².